The summed E-state index contributed by atoms with van der Waals surface area (Å²) in [5.41, 5.74) is 1.96. The lowest BCUT2D eigenvalue weighted by molar-refractivity contribution is -0.150. The van der Waals surface area contributed by atoms with Gasteiger partial charge in [0.15, 0.2) is 0 Å². The van der Waals surface area contributed by atoms with Crippen LogP contribution in [0, 0.1) is 6.92 Å². The van der Waals surface area contributed by atoms with Crippen molar-refractivity contribution in [2.75, 3.05) is 27.2 Å². The molecule has 2 N–H and O–H groups in total. The third-order valence-electron chi connectivity index (χ3n) is 7.37. The summed E-state index contributed by atoms with van der Waals surface area (Å²) < 4.78 is 33.6. The third kappa shape index (κ3) is 7.21. The van der Waals surface area contributed by atoms with Crippen LogP contribution >= 0.6 is 11.6 Å². The molecule has 41 heavy (non-hydrogen) atoms. The molecule has 7 nitrogen and oxygen atoms in total. The van der Waals surface area contributed by atoms with Crippen LogP contribution in [-0.4, -0.2) is 65.6 Å². The highest BCUT2D eigenvalue weighted by Gasteiger charge is 2.49. The number of halogens is 3. The normalized spacial score (nSPS) is 15.9. The summed E-state index contributed by atoms with van der Waals surface area (Å²) in [4.78, 5) is 32.2. The number of carboxylic acid groups (broad SMARTS) is 1. The van der Waals surface area contributed by atoms with E-state index < -0.39 is 36.2 Å². The zero-order valence-corrected chi connectivity index (χ0v) is 24.1. The molecular formula is C31H34ClF2N3O4. The zero-order chi connectivity index (χ0) is 29.8. The van der Waals surface area contributed by atoms with Crippen molar-refractivity contribution in [3.63, 3.8) is 0 Å². The van der Waals surface area contributed by atoms with E-state index in [0.717, 1.165) is 29.7 Å². The summed E-state index contributed by atoms with van der Waals surface area (Å²) in [7, 11) is 3.97. The molecule has 10 heteroatoms. The van der Waals surface area contributed by atoms with Crippen molar-refractivity contribution in [3.05, 3.63) is 70.9 Å². The van der Waals surface area contributed by atoms with Crippen molar-refractivity contribution >= 4 is 23.5 Å². The molecule has 1 aliphatic rings. The number of amides is 1. The monoisotopic (exact) mass is 585 g/mol. The van der Waals surface area contributed by atoms with Crippen LogP contribution in [0.5, 0.6) is 5.75 Å². The molecule has 1 aromatic heterocycles. The van der Waals surface area contributed by atoms with Gasteiger partial charge >= 0.3 is 5.97 Å². The molecule has 218 valence electrons. The van der Waals surface area contributed by atoms with Crippen molar-refractivity contribution in [1.82, 2.24) is 15.2 Å². The first kappa shape index (κ1) is 30.4. The number of pyridine rings is 1. The topological polar surface area (TPSA) is 91.8 Å². The van der Waals surface area contributed by atoms with Crippen LogP contribution in [-0.2, 0) is 4.79 Å². The molecule has 4 rings (SSSR count). The number of aliphatic carboxylic acids is 1. The first-order chi connectivity index (χ1) is 19.4. The van der Waals surface area contributed by atoms with E-state index in [1.54, 1.807) is 24.3 Å². The van der Waals surface area contributed by atoms with Gasteiger partial charge < -0.3 is 20.1 Å². The maximum Gasteiger partial charge on any atom is 0.329 e. The average molecular weight is 586 g/mol. The van der Waals surface area contributed by atoms with Crippen LogP contribution in [0.4, 0.5) is 8.78 Å². The molecule has 1 aliphatic carbocycles. The van der Waals surface area contributed by atoms with Gasteiger partial charge in [-0.25, -0.2) is 18.6 Å². The van der Waals surface area contributed by atoms with Crippen LogP contribution < -0.4 is 10.1 Å². The minimum atomic E-state index is -2.95. The Balaban J connectivity index is 1.71. The molecule has 3 aromatic rings. The van der Waals surface area contributed by atoms with Crippen molar-refractivity contribution in [2.45, 2.75) is 50.5 Å². The van der Waals surface area contributed by atoms with Crippen molar-refractivity contribution in [2.24, 2.45) is 0 Å². The number of nitrogens with zero attached hydrogens (tertiary/aromatic N) is 2. The first-order valence-corrected chi connectivity index (χ1v) is 13.9. The molecule has 0 aliphatic heterocycles. The first-order valence-electron chi connectivity index (χ1n) is 13.5. The molecule has 2 aromatic carbocycles. The maximum absolute atomic E-state index is 13.8. The summed E-state index contributed by atoms with van der Waals surface area (Å²) >= 11 is 6.43. The maximum atomic E-state index is 13.8. The summed E-state index contributed by atoms with van der Waals surface area (Å²) in [6, 6.07) is 16.3. The van der Waals surface area contributed by atoms with E-state index in [1.165, 1.54) is 6.07 Å². The molecule has 1 saturated carbocycles. The van der Waals surface area contributed by atoms with Gasteiger partial charge in [0.05, 0.1) is 17.3 Å². The minimum Gasteiger partial charge on any atom is -0.492 e. The number of carboxylic acids is 1. The number of carbonyl (C=O) groups is 2. The number of rotatable bonds is 10. The molecule has 1 heterocycles. The predicted molar refractivity (Wildman–Crippen MR) is 155 cm³/mol. The standard InChI is InChI=1S/C31H34ClF2N3O4/c1-20-7-4-5-8-22(20)23-10-12-25(28(38)36-30(29(39)40)13-15-31(33,34)16-14-30)35-27(23)21-9-11-24(32)26(19-21)41-18-6-17-37(2)3/h4-5,7-12,19H,6,13-18H2,1-3H3,(H,36,38)(H,39,40). The number of alkyl halides is 2. The second-order valence-corrected chi connectivity index (χ2v) is 11.2. The Kier molecular flexibility index (Phi) is 9.29. The Hall–Kier alpha value is -3.56. The lowest BCUT2D eigenvalue weighted by Gasteiger charge is -2.37. The molecule has 0 spiro atoms. The predicted octanol–water partition coefficient (Wildman–Crippen LogP) is 6.47. The van der Waals surface area contributed by atoms with Gasteiger partial charge in [0.1, 0.15) is 17.0 Å². The lowest BCUT2D eigenvalue weighted by atomic mass is 9.79. The number of hydrogen-bond donors (Lipinski definition) is 2. The largest absolute Gasteiger partial charge is 0.492 e. The number of carbonyl (C=O) groups excluding carboxylic acids is 1. The Morgan fingerprint density at radius 1 is 1.05 bits per heavy atom. The molecule has 1 amide bonds. The number of hydrogen-bond acceptors (Lipinski definition) is 5. The smallest absolute Gasteiger partial charge is 0.329 e. The van der Waals surface area contributed by atoms with Crippen molar-refractivity contribution < 1.29 is 28.2 Å². The van der Waals surface area contributed by atoms with Crippen molar-refractivity contribution in [1.29, 1.82) is 0 Å². The minimum absolute atomic E-state index is 0.0290. The molecule has 0 unspecified atom stereocenters. The number of ether oxygens (including phenoxy) is 1. The van der Waals surface area contributed by atoms with E-state index >= 15 is 0 Å². The molecule has 0 bridgehead atoms. The van der Waals surface area contributed by atoms with Crippen LogP contribution in [0.2, 0.25) is 5.02 Å². The van der Waals surface area contributed by atoms with Crippen LogP contribution in [0.15, 0.2) is 54.6 Å². The van der Waals surface area contributed by atoms with Gasteiger partial charge in [-0.1, -0.05) is 41.9 Å². The summed E-state index contributed by atoms with van der Waals surface area (Å²) in [5.74, 6) is -4.56. The Labute approximate surface area is 243 Å². The highest BCUT2D eigenvalue weighted by molar-refractivity contribution is 6.32. The number of nitrogens with one attached hydrogen (secondary N) is 1. The summed E-state index contributed by atoms with van der Waals surface area (Å²) in [5, 5.41) is 12.8. The van der Waals surface area contributed by atoms with Gasteiger partial charge in [-0.2, -0.15) is 0 Å². The fourth-order valence-electron chi connectivity index (χ4n) is 4.94. The fourth-order valence-corrected chi connectivity index (χ4v) is 5.11. The second kappa shape index (κ2) is 12.5. The molecule has 0 radical (unpaired) electrons. The molecular weight excluding hydrogens is 552 g/mol. The number of benzene rings is 2. The van der Waals surface area contributed by atoms with Gasteiger partial charge in [-0.3, -0.25) is 4.79 Å². The number of aromatic nitrogens is 1. The van der Waals surface area contributed by atoms with E-state index in [9.17, 15) is 23.5 Å². The van der Waals surface area contributed by atoms with Gasteiger partial charge in [-0.05, 0) is 75.7 Å². The van der Waals surface area contributed by atoms with E-state index in [1.807, 2.05) is 45.3 Å². The summed E-state index contributed by atoms with van der Waals surface area (Å²) in [6.45, 7) is 3.28. The highest BCUT2D eigenvalue weighted by Crippen LogP contribution is 2.40. The second-order valence-electron chi connectivity index (χ2n) is 10.8. The van der Waals surface area contributed by atoms with Crippen LogP contribution in [0.1, 0.15) is 48.2 Å². The third-order valence-corrected chi connectivity index (χ3v) is 7.68. The molecule has 0 atom stereocenters. The SMILES string of the molecule is Cc1ccccc1-c1ccc(C(=O)NC2(C(=O)O)CCC(F)(F)CC2)nc1-c1ccc(Cl)c(OCCCN(C)C)c1. The van der Waals surface area contributed by atoms with Crippen LogP contribution in [0.25, 0.3) is 22.4 Å². The number of aryl methyl sites for hydroxylation is 1. The quantitative estimate of drug-likeness (QED) is 0.265. The Bertz CT molecular complexity index is 1420. The van der Waals surface area contributed by atoms with E-state index in [4.69, 9.17) is 16.3 Å². The van der Waals surface area contributed by atoms with E-state index in [0.29, 0.717) is 28.6 Å². The highest BCUT2D eigenvalue weighted by atomic mass is 35.5. The fraction of sp³-hybridized carbons (Fsp3) is 0.387. The Morgan fingerprint density at radius 2 is 1.76 bits per heavy atom. The van der Waals surface area contributed by atoms with Crippen LogP contribution in [0.3, 0.4) is 0 Å². The molecule has 1 fully saturated rings. The van der Waals surface area contributed by atoms with E-state index in [2.05, 4.69) is 15.2 Å². The van der Waals surface area contributed by atoms with Gasteiger partial charge in [-0.15, -0.1) is 0 Å². The average Bonchev–Trinajstić information content (AvgIpc) is 2.93. The summed E-state index contributed by atoms with van der Waals surface area (Å²) in [6.07, 6.45) is -1.19. The van der Waals surface area contributed by atoms with Crippen molar-refractivity contribution in [3.8, 4) is 28.1 Å². The van der Waals surface area contributed by atoms with Gasteiger partial charge in [0.2, 0.25) is 5.92 Å². The molecule has 0 saturated heterocycles. The van der Waals surface area contributed by atoms with Gasteiger partial charge in [0.25, 0.3) is 5.91 Å². The van der Waals surface area contributed by atoms with Gasteiger partial charge in [0, 0.05) is 30.5 Å². The zero-order valence-electron chi connectivity index (χ0n) is 23.3. The Morgan fingerprint density at radius 3 is 2.41 bits per heavy atom. The van der Waals surface area contributed by atoms with E-state index in [-0.39, 0.29) is 18.5 Å². The lowest BCUT2D eigenvalue weighted by Crippen LogP contribution is -2.57.